The summed E-state index contributed by atoms with van der Waals surface area (Å²) in [5, 5.41) is 19.8. The summed E-state index contributed by atoms with van der Waals surface area (Å²) in [6.07, 6.45) is 3.13. The highest BCUT2D eigenvalue weighted by Gasteiger charge is 2.25. The van der Waals surface area contributed by atoms with Gasteiger partial charge in [0.05, 0.1) is 11.5 Å². The lowest BCUT2D eigenvalue weighted by atomic mass is 10.1. The lowest BCUT2D eigenvalue weighted by Crippen LogP contribution is -2.07. The largest absolute Gasteiger partial charge is 0.486 e. The zero-order valence-electron chi connectivity index (χ0n) is 9.67. The van der Waals surface area contributed by atoms with Gasteiger partial charge in [0, 0.05) is 6.07 Å². The minimum Gasteiger partial charge on any atom is -0.486 e. The van der Waals surface area contributed by atoms with Crippen LogP contribution in [-0.2, 0) is 0 Å². The average molecular weight is 251 g/mol. The van der Waals surface area contributed by atoms with Crippen molar-refractivity contribution in [3.8, 4) is 5.75 Å². The lowest BCUT2D eigenvalue weighted by molar-refractivity contribution is -0.385. The maximum absolute atomic E-state index is 11.0. The zero-order chi connectivity index (χ0) is 13.1. The second-order valence-electron chi connectivity index (χ2n) is 4.30. The first-order valence-corrected chi connectivity index (χ1v) is 5.73. The summed E-state index contributed by atoms with van der Waals surface area (Å²) in [6, 6.07) is 3.90. The summed E-state index contributed by atoms with van der Waals surface area (Å²) in [7, 11) is 0. The maximum atomic E-state index is 11.0. The summed E-state index contributed by atoms with van der Waals surface area (Å²) in [4.78, 5) is 21.2. The smallest absolute Gasteiger partial charge is 0.339 e. The third kappa shape index (κ3) is 2.77. The Morgan fingerprint density at radius 2 is 2.22 bits per heavy atom. The Bertz CT molecular complexity index is 449. The molecular weight excluding hydrogens is 238 g/mol. The fourth-order valence-corrected chi connectivity index (χ4v) is 1.72. The van der Waals surface area contributed by atoms with Gasteiger partial charge in [-0.05, 0) is 18.4 Å². The highest BCUT2D eigenvalue weighted by Crippen LogP contribution is 2.34. The zero-order valence-corrected chi connectivity index (χ0v) is 9.67. The number of ether oxygens (including phenoxy) is 1. The predicted molar refractivity (Wildman–Crippen MR) is 62.9 cm³/mol. The number of benzene rings is 1. The minimum atomic E-state index is -1.22. The number of carbonyl (C=O) groups is 1. The van der Waals surface area contributed by atoms with E-state index in [9.17, 15) is 14.9 Å². The number of nitrogens with zero attached hydrogens (tertiary/aromatic N) is 1. The number of carboxylic acid groups (broad SMARTS) is 1. The molecule has 0 bridgehead atoms. The first-order chi connectivity index (χ1) is 8.59. The molecule has 6 nitrogen and oxygen atoms in total. The van der Waals surface area contributed by atoms with Gasteiger partial charge in [-0.3, -0.25) is 10.1 Å². The molecule has 18 heavy (non-hydrogen) atoms. The van der Waals surface area contributed by atoms with E-state index >= 15 is 0 Å². The Hall–Kier alpha value is -2.11. The quantitative estimate of drug-likeness (QED) is 0.619. The molecule has 0 amide bonds. The van der Waals surface area contributed by atoms with Gasteiger partial charge in [-0.1, -0.05) is 18.9 Å². The highest BCUT2D eigenvalue weighted by molar-refractivity contribution is 5.92. The van der Waals surface area contributed by atoms with E-state index in [-0.39, 0.29) is 17.0 Å². The van der Waals surface area contributed by atoms with Gasteiger partial charge < -0.3 is 9.84 Å². The van der Waals surface area contributed by atoms with Crippen LogP contribution >= 0.6 is 0 Å². The number of hydrogen-bond donors (Lipinski definition) is 1. The molecule has 2 rings (SSSR count). The molecule has 1 fully saturated rings. The molecule has 6 heteroatoms. The number of rotatable bonds is 6. The summed E-state index contributed by atoms with van der Waals surface area (Å²) in [6.45, 7) is 0.315. The topological polar surface area (TPSA) is 89.7 Å². The molecule has 0 aromatic heterocycles. The Kier molecular flexibility index (Phi) is 3.45. The van der Waals surface area contributed by atoms with Gasteiger partial charge in [0.25, 0.3) is 0 Å². The normalized spacial score (nSPS) is 14.2. The first kappa shape index (κ1) is 12.3. The Morgan fingerprint density at radius 3 is 2.78 bits per heavy atom. The van der Waals surface area contributed by atoms with E-state index in [0.717, 1.165) is 19.3 Å². The molecule has 1 saturated carbocycles. The van der Waals surface area contributed by atoms with Gasteiger partial charge in [-0.2, -0.15) is 0 Å². The van der Waals surface area contributed by atoms with Gasteiger partial charge >= 0.3 is 11.7 Å². The van der Waals surface area contributed by atoms with Crippen molar-refractivity contribution in [2.24, 2.45) is 5.92 Å². The van der Waals surface area contributed by atoms with Gasteiger partial charge in [-0.25, -0.2) is 4.79 Å². The standard InChI is InChI=1S/C12H13NO5/c14-12(15)9-2-1-3-10(13(16)17)11(9)18-7-6-8-4-5-8/h1-3,8H,4-7H2,(H,14,15). The molecule has 1 N–H and O–H groups in total. The molecule has 1 aromatic carbocycles. The van der Waals surface area contributed by atoms with E-state index in [1.165, 1.54) is 18.2 Å². The number of para-hydroxylation sites is 1. The molecule has 1 aliphatic rings. The van der Waals surface area contributed by atoms with Gasteiger partial charge in [0.1, 0.15) is 5.56 Å². The van der Waals surface area contributed by atoms with Crippen LogP contribution < -0.4 is 4.74 Å². The monoisotopic (exact) mass is 251 g/mol. The summed E-state index contributed by atoms with van der Waals surface area (Å²) in [5.41, 5.74) is -0.467. The number of aromatic carboxylic acids is 1. The van der Waals surface area contributed by atoms with Crippen molar-refractivity contribution in [2.75, 3.05) is 6.61 Å². The van der Waals surface area contributed by atoms with E-state index in [1.54, 1.807) is 0 Å². The molecule has 0 spiro atoms. The fraction of sp³-hybridized carbons (Fsp3) is 0.417. The third-order valence-corrected chi connectivity index (χ3v) is 2.89. The van der Waals surface area contributed by atoms with Gasteiger partial charge in [-0.15, -0.1) is 0 Å². The van der Waals surface area contributed by atoms with Crippen LogP contribution in [0.3, 0.4) is 0 Å². The Labute approximate surface area is 103 Å². The van der Waals surface area contributed by atoms with E-state index in [0.29, 0.717) is 12.5 Å². The molecule has 0 radical (unpaired) electrons. The van der Waals surface area contributed by atoms with Crippen molar-refractivity contribution in [2.45, 2.75) is 19.3 Å². The second kappa shape index (κ2) is 5.03. The minimum absolute atomic E-state index is 0.143. The number of carboxylic acids is 1. The van der Waals surface area contributed by atoms with Crippen LogP contribution in [0.4, 0.5) is 5.69 Å². The average Bonchev–Trinajstić information content (AvgIpc) is 3.12. The predicted octanol–water partition coefficient (Wildman–Crippen LogP) is 2.47. The van der Waals surface area contributed by atoms with Gasteiger partial charge in [0.15, 0.2) is 0 Å². The van der Waals surface area contributed by atoms with Crippen LogP contribution in [0.1, 0.15) is 29.6 Å². The molecule has 0 aliphatic heterocycles. The summed E-state index contributed by atoms with van der Waals surface area (Å²) >= 11 is 0. The van der Waals surface area contributed by atoms with Crippen LogP contribution in [0.5, 0.6) is 5.75 Å². The fourth-order valence-electron chi connectivity index (χ4n) is 1.72. The van der Waals surface area contributed by atoms with Crippen molar-refractivity contribution in [1.29, 1.82) is 0 Å². The second-order valence-corrected chi connectivity index (χ2v) is 4.30. The molecule has 0 heterocycles. The van der Waals surface area contributed by atoms with Crippen molar-refractivity contribution < 1.29 is 19.6 Å². The Morgan fingerprint density at radius 1 is 1.50 bits per heavy atom. The van der Waals surface area contributed by atoms with Crippen LogP contribution in [0.25, 0.3) is 0 Å². The molecule has 1 aliphatic carbocycles. The number of hydrogen-bond acceptors (Lipinski definition) is 4. The van der Waals surface area contributed by atoms with E-state index in [1.807, 2.05) is 0 Å². The Balaban J connectivity index is 2.20. The molecular formula is C12H13NO5. The molecule has 1 aromatic rings. The molecule has 0 unspecified atom stereocenters. The van der Waals surface area contributed by atoms with Crippen LogP contribution in [-0.4, -0.2) is 22.6 Å². The van der Waals surface area contributed by atoms with Crippen molar-refractivity contribution in [3.05, 3.63) is 33.9 Å². The van der Waals surface area contributed by atoms with Crippen molar-refractivity contribution in [3.63, 3.8) is 0 Å². The summed E-state index contributed by atoms with van der Waals surface area (Å²) in [5.74, 6) is -0.739. The summed E-state index contributed by atoms with van der Waals surface area (Å²) < 4.78 is 5.32. The SMILES string of the molecule is O=C(O)c1cccc([N+](=O)[O-])c1OCCC1CC1. The molecule has 0 atom stereocenters. The number of nitro groups is 1. The number of nitro benzene ring substituents is 1. The van der Waals surface area contributed by atoms with Crippen LogP contribution in [0.15, 0.2) is 18.2 Å². The van der Waals surface area contributed by atoms with E-state index < -0.39 is 10.9 Å². The van der Waals surface area contributed by atoms with E-state index in [4.69, 9.17) is 9.84 Å². The maximum Gasteiger partial charge on any atom is 0.339 e. The first-order valence-electron chi connectivity index (χ1n) is 5.73. The van der Waals surface area contributed by atoms with Crippen LogP contribution in [0, 0.1) is 16.0 Å². The van der Waals surface area contributed by atoms with E-state index in [2.05, 4.69) is 0 Å². The van der Waals surface area contributed by atoms with Gasteiger partial charge in [0.2, 0.25) is 5.75 Å². The third-order valence-electron chi connectivity index (χ3n) is 2.89. The highest BCUT2D eigenvalue weighted by atomic mass is 16.6. The van der Waals surface area contributed by atoms with Crippen molar-refractivity contribution in [1.82, 2.24) is 0 Å². The molecule has 96 valence electrons. The molecule has 0 saturated heterocycles. The van der Waals surface area contributed by atoms with Crippen molar-refractivity contribution >= 4 is 11.7 Å². The lowest BCUT2D eigenvalue weighted by Gasteiger charge is -2.08. The van der Waals surface area contributed by atoms with Crippen LogP contribution in [0.2, 0.25) is 0 Å².